The summed E-state index contributed by atoms with van der Waals surface area (Å²) in [6.07, 6.45) is -3.22. The molecule has 328 valence electrons. The van der Waals surface area contributed by atoms with Gasteiger partial charge < -0.3 is 34.3 Å². The number of aliphatic hydroxyl groups excluding tert-OH is 2. The Morgan fingerprint density at radius 1 is 0.667 bits per heavy atom. The van der Waals surface area contributed by atoms with Crippen molar-refractivity contribution >= 4 is 5.97 Å². The normalized spacial score (nSPS) is 51.9. The van der Waals surface area contributed by atoms with Gasteiger partial charge in [0.05, 0.1) is 17.8 Å². The lowest BCUT2D eigenvalue weighted by Gasteiger charge is -2.89. The largest absolute Gasteiger partial charge is 0.458 e. The minimum atomic E-state index is -1.22. The minimum absolute atomic E-state index is 0.00593. The molecule has 14 atom stereocenters. The molecule has 8 nitrogen and oxygen atoms in total. The molecule has 4 aliphatic carbocycles. The highest BCUT2D eigenvalue weighted by atomic mass is 16.7. The van der Waals surface area contributed by atoms with Crippen LogP contribution in [-0.4, -0.2) is 77.4 Å². The number of aliphatic hydroxyl groups is 3. The van der Waals surface area contributed by atoms with Crippen molar-refractivity contribution in [2.45, 2.75) is 195 Å². The summed E-state index contributed by atoms with van der Waals surface area (Å²) in [6.45, 7) is 52.9. The van der Waals surface area contributed by atoms with Crippen LogP contribution in [0, 0.1) is 82.7 Å². The van der Waals surface area contributed by atoms with E-state index >= 15 is 0 Å². The monoisotopic (exact) mass is 801 g/mol. The zero-order chi connectivity index (χ0) is 44.1. The molecule has 0 spiro atoms. The third kappa shape index (κ3) is 4.27. The Bertz CT molecular complexity index is 1720. The highest BCUT2D eigenvalue weighted by Crippen LogP contribution is 2.94. The number of ether oxygens (including phenoxy) is 4. The van der Waals surface area contributed by atoms with Crippen molar-refractivity contribution in [3.05, 3.63) is 11.6 Å². The molecule has 1 saturated heterocycles. The summed E-state index contributed by atoms with van der Waals surface area (Å²) in [7, 11) is 1.51. The highest BCUT2D eigenvalue weighted by Gasteiger charge is 2.94. The van der Waals surface area contributed by atoms with E-state index in [-0.39, 0.29) is 41.8 Å². The van der Waals surface area contributed by atoms with E-state index in [1.54, 1.807) is 13.0 Å². The maximum Gasteiger partial charge on any atom is 0.331 e. The van der Waals surface area contributed by atoms with Crippen molar-refractivity contribution < 1.29 is 39.1 Å². The summed E-state index contributed by atoms with van der Waals surface area (Å²) in [5.41, 5.74) is -6.12. The average Bonchev–Trinajstić information content (AvgIpc) is 3.54. The summed E-state index contributed by atoms with van der Waals surface area (Å²) in [4.78, 5) is 12.9. The molecule has 57 heavy (non-hydrogen) atoms. The van der Waals surface area contributed by atoms with Gasteiger partial charge in [0.15, 0.2) is 6.29 Å². The van der Waals surface area contributed by atoms with Crippen LogP contribution < -0.4 is 0 Å². The smallest absolute Gasteiger partial charge is 0.331 e. The summed E-state index contributed by atoms with van der Waals surface area (Å²) in [6, 6.07) is 0. The van der Waals surface area contributed by atoms with Gasteiger partial charge in [-0.3, -0.25) is 0 Å². The van der Waals surface area contributed by atoms with Gasteiger partial charge >= 0.3 is 5.97 Å². The topological polar surface area (TPSA) is 115 Å². The van der Waals surface area contributed by atoms with E-state index in [0.717, 1.165) is 5.57 Å². The molecule has 4 saturated carbocycles. The molecular weight excluding hydrogens is 717 g/mol. The molecule has 0 amide bonds. The molecule has 0 aromatic rings. The molecule has 0 aromatic carbocycles. The fourth-order valence-electron chi connectivity index (χ4n) is 18.2. The third-order valence-corrected chi connectivity index (χ3v) is 23.2. The molecule has 2 aliphatic heterocycles. The molecule has 3 N–H and O–H groups in total. The molecule has 9 unspecified atom stereocenters. The molecule has 0 aromatic heterocycles. The molecular formula is C49H84O8. The number of fused-ring (bicyclic) bond motifs is 5. The summed E-state index contributed by atoms with van der Waals surface area (Å²) in [5.74, 6) is -0.437. The molecule has 2 heterocycles. The Hall–Kier alpha value is -1.03. The van der Waals surface area contributed by atoms with Crippen LogP contribution in [0.25, 0.3) is 0 Å². The Balaban J connectivity index is 1.69. The lowest BCUT2D eigenvalue weighted by molar-refractivity contribution is -0.454. The molecule has 6 rings (SSSR count). The van der Waals surface area contributed by atoms with E-state index < -0.39 is 95.9 Å². The zero-order valence-corrected chi connectivity index (χ0v) is 40.4. The predicted octanol–water partition coefficient (Wildman–Crippen LogP) is 9.23. The molecule has 0 bridgehead atoms. The van der Waals surface area contributed by atoms with Crippen molar-refractivity contribution in [1.82, 2.24) is 0 Å². The highest BCUT2D eigenvalue weighted by molar-refractivity contribution is 5.85. The number of esters is 1. The number of hydrogen-bond donors (Lipinski definition) is 3. The van der Waals surface area contributed by atoms with Crippen LogP contribution in [0.15, 0.2) is 11.6 Å². The van der Waals surface area contributed by atoms with Crippen molar-refractivity contribution in [3.63, 3.8) is 0 Å². The summed E-state index contributed by atoms with van der Waals surface area (Å²) in [5, 5.41) is 37.6. The standard InChI is InChI=1S/C49H84O8/c1-26-30(51)32(54-23)31(52)33(56-26)57-36-37(3,4)34-39(7,8)40(9,10)35-47(21,46(34,20)42(13,14)41(36,11)12)43(15,16)44(17,18)48(22)45(19,28-24-29(50)55-25-28)27(2)38(5,6)49(35,48)53/h24,26-27,30-36,51-53H,25H2,1-23H3/t26-,27?,30+,31-,32+,33+,34?,35?,36?,45?,46?,47?,48?,49?/m1/s1. The fraction of sp³-hybridized carbons (Fsp3) is 0.939. The summed E-state index contributed by atoms with van der Waals surface area (Å²) >= 11 is 0. The Morgan fingerprint density at radius 2 is 1.16 bits per heavy atom. The van der Waals surface area contributed by atoms with Crippen molar-refractivity contribution in [2.24, 2.45) is 82.7 Å². The van der Waals surface area contributed by atoms with Gasteiger partial charge in [0, 0.05) is 29.9 Å². The van der Waals surface area contributed by atoms with Gasteiger partial charge in [-0.25, -0.2) is 4.79 Å². The van der Waals surface area contributed by atoms with Gasteiger partial charge in [-0.2, -0.15) is 0 Å². The van der Waals surface area contributed by atoms with E-state index in [1.165, 1.54) is 7.11 Å². The van der Waals surface area contributed by atoms with Gasteiger partial charge in [-0.15, -0.1) is 0 Å². The van der Waals surface area contributed by atoms with E-state index in [9.17, 15) is 20.1 Å². The van der Waals surface area contributed by atoms with E-state index in [1.807, 2.05) is 0 Å². The molecule has 6 aliphatic rings. The van der Waals surface area contributed by atoms with Crippen LogP contribution >= 0.6 is 0 Å². The van der Waals surface area contributed by atoms with Gasteiger partial charge in [-0.1, -0.05) is 145 Å². The Kier molecular flexibility index (Phi) is 9.50. The number of hydrogen-bond acceptors (Lipinski definition) is 8. The Labute approximate surface area is 347 Å². The zero-order valence-electron chi connectivity index (χ0n) is 40.4. The van der Waals surface area contributed by atoms with Crippen LogP contribution in [0.1, 0.15) is 152 Å². The first-order chi connectivity index (χ1) is 25.3. The average molecular weight is 801 g/mol. The molecule has 5 fully saturated rings. The van der Waals surface area contributed by atoms with E-state index in [4.69, 9.17) is 18.9 Å². The molecule has 8 heteroatoms. The number of cyclic esters (lactones) is 1. The number of carbonyl (C=O) groups is 1. The van der Waals surface area contributed by atoms with Crippen molar-refractivity contribution in [3.8, 4) is 0 Å². The van der Waals surface area contributed by atoms with Crippen LogP contribution in [-0.2, 0) is 23.7 Å². The quantitative estimate of drug-likeness (QED) is 0.191. The van der Waals surface area contributed by atoms with Crippen LogP contribution in [0.3, 0.4) is 0 Å². The van der Waals surface area contributed by atoms with Crippen LogP contribution in [0.4, 0.5) is 0 Å². The van der Waals surface area contributed by atoms with Crippen molar-refractivity contribution in [1.29, 1.82) is 0 Å². The first-order valence-electron chi connectivity index (χ1n) is 22.1. The van der Waals surface area contributed by atoms with E-state index in [0.29, 0.717) is 0 Å². The molecule has 0 radical (unpaired) electrons. The van der Waals surface area contributed by atoms with Crippen molar-refractivity contribution in [2.75, 3.05) is 13.7 Å². The van der Waals surface area contributed by atoms with E-state index in [2.05, 4.69) is 145 Å². The van der Waals surface area contributed by atoms with Gasteiger partial charge in [-0.05, 0) is 78.5 Å². The lowest BCUT2D eigenvalue weighted by atomic mass is 9.15. The predicted molar refractivity (Wildman–Crippen MR) is 225 cm³/mol. The maximum atomic E-state index is 15.0. The second kappa shape index (κ2) is 11.9. The van der Waals surface area contributed by atoms with Crippen LogP contribution in [0.5, 0.6) is 0 Å². The fourth-order valence-corrected chi connectivity index (χ4v) is 18.2. The number of carbonyl (C=O) groups excluding carboxylic acids is 1. The number of methoxy groups -OCH3 is 1. The lowest BCUT2D eigenvalue weighted by Crippen LogP contribution is -2.89. The second-order valence-electron chi connectivity index (χ2n) is 25.4. The maximum absolute atomic E-state index is 15.0. The van der Waals surface area contributed by atoms with Gasteiger partial charge in [0.1, 0.15) is 24.9 Å². The summed E-state index contributed by atoms with van der Waals surface area (Å²) < 4.78 is 25.0. The first-order valence-corrected chi connectivity index (χ1v) is 22.1. The first kappa shape index (κ1) is 45.5. The third-order valence-electron chi connectivity index (χ3n) is 23.2. The Morgan fingerprint density at radius 3 is 1.63 bits per heavy atom. The minimum Gasteiger partial charge on any atom is -0.458 e. The van der Waals surface area contributed by atoms with Gasteiger partial charge in [0.25, 0.3) is 0 Å². The number of rotatable bonds is 4. The van der Waals surface area contributed by atoms with Crippen LogP contribution in [0.2, 0.25) is 0 Å². The van der Waals surface area contributed by atoms with Gasteiger partial charge in [0.2, 0.25) is 0 Å². The second-order valence-corrected chi connectivity index (χ2v) is 25.4. The SMILES string of the molecule is CO[C@H]1[C@@H](O)[C@@H](C)O[C@@H](OC2C(C)(C)C3C(C)(C)C(C)(C)C4C(C)(C(C)(C)C(C)(C)C5(C)C(C)(C6=CC(=O)OC6)C(C)C(C)(C)C45O)C3(C)C(C)(C)C2(C)C)[C@@H]1O.